The summed E-state index contributed by atoms with van der Waals surface area (Å²) in [5, 5.41) is 13.2. The van der Waals surface area contributed by atoms with Crippen LogP contribution >= 0.6 is 0 Å². The zero-order valence-electron chi connectivity index (χ0n) is 13.3. The van der Waals surface area contributed by atoms with Crippen LogP contribution in [0.4, 0.5) is 5.82 Å². The minimum atomic E-state index is -0.0176. The number of benzene rings is 2. The zero-order valence-corrected chi connectivity index (χ0v) is 13.3. The van der Waals surface area contributed by atoms with Crippen LogP contribution in [0.15, 0.2) is 66.9 Å². The monoisotopic (exact) mass is 320 g/mol. The van der Waals surface area contributed by atoms with Crippen molar-refractivity contribution in [2.75, 3.05) is 11.9 Å². The molecule has 0 radical (unpaired) electrons. The first-order valence-electron chi connectivity index (χ1n) is 7.87. The lowest BCUT2D eigenvalue weighted by Gasteiger charge is -2.14. The quantitative estimate of drug-likeness (QED) is 0.650. The molecule has 24 heavy (non-hydrogen) atoms. The molecule has 2 aromatic carbocycles. The molecule has 4 N–H and O–H groups in total. The maximum absolute atomic E-state index is 9.92. The van der Waals surface area contributed by atoms with E-state index < -0.39 is 0 Å². The second kappa shape index (κ2) is 7.57. The summed E-state index contributed by atoms with van der Waals surface area (Å²) in [6.07, 6.45) is 2.46. The lowest BCUT2D eigenvalue weighted by molar-refractivity contribution is 0.477. The van der Waals surface area contributed by atoms with E-state index in [1.165, 1.54) is 5.56 Å². The molecule has 0 saturated carbocycles. The number of hydrogen-bond donors (Lipinski definition) is 3. The summed E-state index contributed by atoms with van der Waals surface area (Å²) in [6.45, 7) is 0.603. The Morgan fingerprint density at radius 3 is 2.54 bits per heavy atom. The van der Waals surface area contributed by atoms with Gasteiger partial charge in [0.15, 0.2) is 5.82 Å². The van der Waals surface area contributed by atoms with Crippen molar-refractivity contribution in [2.45, 2.75) is 12.5 Å². The molecule has 3 aromatic rings. The highest BCUT2D eigenvalue weighted by molar-refractivity contribution is 5.64. The molecular weight excluding hydrogens is 300 g/mol. The lowest BCUT2D eigenvalue weighted by Crippen LogP contribution is -2.31. The molecule has 0 amide bonds. The fourth-order valence-corrected chi connectivity index (χ4v) is 2.47. The maximum Gasteiger partial charge on any atom is 0.165 e. The molecule has 0 saturated heterocycles. The van der Waals surface area contributed by atoms with Crippen LogP contribution in [0, 0.1) is 0 Å². The van der Waals surface area contributed by atoms with Gasteiger partial charge in [0.2, 0.25) is 0 Å². The van der Waals surface area contributed by atoms with Gasteiger partial charge in [-0.2, -0.15) is 0 Å². The van der Waals surface area contributed by atoms with E-state index in [2.05, 4.69) is 27.4 Å². The molecule has 0 fully saturated rings. The molecule has 5 heteroatoms. The SMILES string of the molecule is NC(CNc1ccnc(-c2ccccc2O)n1)Cc1ccccc1. The van der Waals surface area contributed by atoms with Gasteiger partial charge in [0.1, 0.15) is 11.6 Å². The highest BCUT2D eigenvalue weighted by Crippen LogP contribution is 2.25. The Balaban J connectivity index is 1.64. The molecular formula is C19H20N4O. The van der Waals surface area contributed by atoms with E-state index in [-0.39, 0.29) is 11.8 Å². The summed E-state index contributed by atoms with van der Waals surface area (Å²) in [6, 6.07) is 18.9. The molecule has 1 aromatic heterocycles. The van der Waals surface area contributed by atoms with Gasteiger partial charge in [-0.3, -0.25) is 0 Å². The van der Waals surface area contributed by atoms with Crippen molar-refractivity contribution in [3.05, 3.63) is 72.4 Å². The molecule has 0 aliphatic carbocycles. The predicted octanol–water partition coefficient (Wildman–Crippen LogP) is 2.83. The number of rotatable bonds is 6. The molecule has 1 unspecified atom stereocenters. The minimum absolute atomic E-state index is 0.0176. The van der Waals surface area contributed by atoms with Crippen molar-refractivity contribution >= 4 is 5.82 Å². The van der Waals surface area contributed by atoms with Crippen LogP contribution in [0.25, 0.3) is 11.4 Å². The fraction of sp³-hybridized carbons (Fsp3) is 0.158. The molecule has 0 aliphatic rings. The average molecular weight is 320 g/mol. The molecule has 1 atom stereocenters. The van der Waals surface area contributed by atoms with Gasteiger partial charge in [-0.05, 0) is 30.2 Å². The highest BCUT2D eigenvalue weighted by Gasteiger charge is 2.08. The molecule has 3 rings (SSSR count). The average Bonchev–Trinajstić information content (AvgIpc) is 2.61. The summed E-state index contributed by atoms with van der Waals surface area (Å²) >= 11 is 0. The number of nitrogens with zero attached hydrogens (tertiary/aromatic N) is 2. The molecule has 0 aliphatic heterocycles. The first kappa shape index (κ1) is 16.0. The van der Waals surface area contributed by atoms with Gasteiger partial charge < -0.3 is 16.2 Å². The first-order chi connectivity index (χ1) is 11.7. The first-order valence-corrected chi connectivity index (χ1v) is 7.87. The Morgan fingerprint density at radius 2 is 1.75 bits per heavy atom. The van der Waals surface area contributed by atoms with E-state index in [1.807, 2.05) is 24.3 Å². The largest absolute Gasteiger partial charge is 0.507 e. The number of aromatic hydroxyl groups is 1. The van der Waals surface area contributed by atoms with Gasteiger partial charge in [-0.25, -0.2) is 9.97 Å². The van der Waals surface area contributed by atoms with Gasteiger partial charge in [0.05, 0.1) is 5.56 Å². The van der Waals surface area contributed by atoms with Crippen molar-refractivity contribution in [2.24, 2.45) is 5.73 Å². The van der Waals surface area contributed by atoms with Crippen LogP contribution in [0.2, 0.25) is 0 Å². The smallest absolute Gasteiger partial charge is 0.165 e. The second-order valence-corrected chi connectivity index (χ2v) is 5.61. The number of aromatic nitrogens is 2. The van der Waals surface area contributed by atoms with Gasteiger partial charge in [0.25, 0.3) is 0 Å². The summed E-state index contributed by atoms with van der Waals surface area (Å²) in [5.74, 6) is 1.33. The predicted molar refractivity (Wildman–Crippen MR) is 95.7 cm³/mol. The standard InChI is InChI=1S/C19H20N4O/c20-15(12-14-6-2-1-3-7-14)13-22-18-10-11-21-19(23-18)16-8-4-5-9-17(16)24/h1-11,15,24H,12-13,20H2,(H,21,22,23). The Bertz CT molecular complexity index is 792. The van der Waals surface area contributed by atoms with Crippen molar-refractivity contribution in [1.29, 1.82) is 0 Å². The van der Waals surface area contributed by atoms with E-state index in [1.54, 1.807) is 30.5 Å². The zero-order chi connectivity index (χ0) is 16.8. The summed E-state index contributed by atoms with van der Waals surface area (Å²) in [4.78, 5) is 8.67. The minimum Gasteiger partial charge on any atom is -0.507 e. The van der Waals surface area contributed by atoms with E-state index in [9.17, 15) is 5.11 Å². The van der Waals surface area contributed by atoms with E-state index >= 15 is 0 Å². The number of phenolic OH excluding ortho intramolecular Hbond substituents is 1. The maximum atomic E-state index is 9.92. The third-order valence-corrected chi connectivity index (χ3v) is 3.69. The van der Waals surface area contributed by atoms with E-state index in [0.717, 1.165) is 6.42 Å². The molecule has 122 valence electrons. The van der Waals surface area contributed by atoms with Crippen molar-refractivity contribution < 1.29 is 5.11 Å². The number of phenols is 1. The Labute approximate surface area is 141 Å². The molecule has 0 bridgehead atoms. The fourth-order valence-electron chi connectivity index (χ4n) is 2.47. The number of hydrogen-bond acceptors (Lipinski definition) is 5. The normalized spacial score (nSPS) is 11.9. The van der Waals surface area contributed by atoms with Crippen molar-refractivity contribution in [1.82, 2.24) is 9.97 Å². The van der Waals surface area contributed by atoms with Crippen LogP contribution in [-0.2, 0) is 6.42 Å². The Kier molecular flexibility index (Phi) is 5.03. The third kappa shape index (κ3) is 4.08. The van der Waals surface area contributed by atoms with Gasteiger partial charge in [-0.15, -0.1) is 0 Å². The third-order valence-electron chi connectivity index (χ3n) is 3.69. The second-order valence-electron chi connectivity index (χ2n) is 5.61. The van der Waals surface area contributed by atoms with Gasteiger partial charge in [0, 0.05) is 18.8 Å². The highest BCUT2D eigenvalue weighted by atomic mass is 16.3. The Hall–Kier alpha value is -2.92. The number of nitrogens with two attached hydrogens (primary N) is 1. The number of para-hydroxylation sites is 1. The van der Waals surface area contributed by atoms with Crippen LogP contribution in [0.5, 0.6) is 5.75 Å². The lowest BCUT2D eigenvalue weighted by atomic mass is 10.1. The summed E-state index contributed by atoms with van der Waals surface area (Å²) in [7, 11) is 0. The van der Waals surface area contributed by atoms with Crippen molar-refractivity contribution in [3.8, 4) is 17.1 Å². The summed E-state index contributed by atoms with van der Waals surface area (Å²) < 4.78 is 0. The van der Waals surface area contributed by atoms with E-state index in [4.69, 9.17) is 5.73 Å². The van der Waals surface area contributed by atoms with Crippen LogP contribution in [-0.4, -0.2) is 27.7 Å². The molecule has 5 nitrogen and oxygen atoms in total. The summed E-state index contributed by atoms with van der Waals surface area (Å²) in [5.41, 5.74) is 8.00. The number of anilines is 1. The molecule has 0 spiro atoms. The van der Waals surface area contributed by atoms with Crippen LogP contribution in [0.3, 0.4) is 0 Å². The van der Waals surface area contributed by atoms with Crippen molar-refractivity contribution in [3.63, 3.8) is 0 Å². The van der Waals surface area contributed by atoms with Gasteiger partial charge in [-0.1, -0.05) is 42.5 Å². The van der Waals surface area contributed by atoms with Crippen LogP contribution in [0.1, 0.15) is 5.56 Å². The molecule has 1 heterocycles. The van der Waals surface area contributed by atoms with Gasteiger partial charge >= 0.3 is 0 Å². The topological polar surface area (TPSA) is 84.1 Å². The van der Waals surface area contributed by atoms with E-state index in [0.29, 0.717) is 23.8 Å². The van der Waals surface area contributed by atoms with Crippen LogP contribution < -0.4 is 11.1 Å². The number of nitrogens with one attached hydrogen (secondary N) is 1. The Morgan fingerprint density at radius 1 is 1.00 bits per heavy atom.